The number of hydrogen-bond acceptors (Lipinski definition) is 4. The van der Waals surface area contributed by atoms with Crippen molar-refractivity contribution in [3.8, 4) is 0 Å². The number of rotatable bonds is 5. The van der Waals surface area contributed by atoms with E-state index in [0.29, 0.717) is 13.2 Å². The number of ether oxygens (including phenoxy) is 1. The third kappa shape index (κ3) is 4.05. The number of primary amides is 1. The quantitative estimate of drug-likeness (QED) is 0.841. The van der Waals surface area contributed by atoms with Crippen molar-refractivity contribution in [3.63, 3.8) is 0 Å². The molecule has 1 aliphatic heterocycles. The van der Waals surface area contributed by atoms with Crippen LogP contribution in [0, 0.1) is 0 Å². The number of amides is 2. The molecule has 2 amide bonds. The normalized spacial score (nSPS) is 22.3. The summed E-state index contributed by atoms with van der Waals surface area (Å²) in [6, 6.07) is 7.16. The Morgan fingerprint density at radius 2 is 2.23 bits per heavy atom. The van der Waals surface area contributed by atoms with Gasteiger partial charge in [-0.2, -0.15) is 0 Å². The fourth-order valence-corrected chi connectivity index (χ4v) is 2.73. The lowest BCUT2D eigenvalue weighted by Gasteiger charge is -2.37. The lowest BCUT2D eigenvalue weighted by Crippen LogP contribution is -2.58. The SMILES string of the molecule is CCc1cccc(NC(=O)CN2CCO[C@H](C)[C@H]2C(N)=O)c1. The maximum atomic E-state index is 12.2. The molecule has 1 aromatic carbocycles. The van der Waals surface area contributed by atoms with Gasteiger partial charge in [-0.1, -0.05) is 19.1 Å². The van der Waals surface area contributed by atoms with Crippen LogP contribution in [-0.4, -0.2) is 48.6 Å². The van der Waals surface area contributed by atoms with Gasteiger partial charge in [-0.15, -0.1) is 0 Å². The molecule has 1 aromatic rings. The third-order valence-corrected chi connectivity index (χ3v) is 3.85. The first kappa shape index (κ1) is 16.5. The number of nitrogens with two attached hydrogens (primary N) is 1. The van der Waals surface area contributed by atoms with Crippen LogP contribution in [0.3, 0.4) is 0 Å². The second-order valence-corrected chi connectivity index (χ2v) is 5.50. The van der Waals surface area contributed by atoms with E-state index in [4.69, 9.17) is 10.5 Å². The van der Waals surface area contributed by atoms with E-state index in [0.717, 1.165) is 17.7 Å². The van der Waals surface area contributed by atoms with Gasteiger partial charge in [0.05, 0.1) is 19.3 Å². The Bertz CT molecular complexity index is 547. The van der Waals surface area contributed by atoms with Gasteiger partial charge < -0.3 is 15.8 Å². The lowest BCUT2D eigenvalue weighted by molar-refractivity contribution is -0.137. The zero-order valence-corrected chi connectivity index (χ0v) is 13.0. The Balaban J connectivity index is 1.99. The van der Waals surface area contributed by atoms with Gasteiger partial charge in [0.1, 0.15) is 6.04 Å². The molecule has 0 aliphatic carbocycles. The predicted molar refractivity (Wildman–Crippen MR) is 84.4 cm³/mol. The summed E-state index contributed by atoms with van der Waals surface area (Å²) in [5.41, 5.74) is 7.35. The lowest BCUT2D eigenvalue weighted by atomic mass is 10.1. The molecular weight excluding hydrogens is 282 g/mol. The number of aryl methyl sites for hydroxylation is 1. The van der Waals surface area contributed by atoms with Crippen molar-refractivity contribution in [2.45, 2.75) is 32.4 Å². The molecule has 3 N–H and O–H groups in total. The number of nitrogens with one attached hydrogen (secondary N) is 1. The molecule has 1 aliphatic rings. The fraction of sp³-hybridized carbons (Fsp3) is 0.500. The number of nitrogens with zero attached hydrogens (tertiary/aromatic N) is 1. The standard InChI is InChI=1S/C16H23N3O3/c1-3-12-5-4-6-13(9-12)18-14(20)10-19-7-8-22-11(2)15(19)16(17)21/h4-6,9,11,15H,3,7-8,10H2,1-2H3,(H2,17,21)(H,18,20)/t11-,15+/m1/s1. The summed E-state index contributed by atoms with van der Waals surface area (Å²) < 4.78 is 5.44. The van der Waals surface area contributed by atoms with E-state index >= 15 is 0 Å². The highest BCUT2D eigenvalue weighted by molar-refractivity contribution is 5.93. The van der Waals surface area contributed by atoms with Crippen LogP contribution in [0.25, 0.3) is 0 Å². The van der Waals surface area contributed by atoms with Crippen LogP contribution < -0.4 is 11.1 Å². The second kappa shape index (κ2) is 7.38. The molecule has 2 rings (SSSR count). The molecule has 1 heterocycles. The number of morpholine rings is 1. The number of benzene rings is 1. The fourth-order valence-electron chi connectivity index (χ4n) is 2.73. The van der Waals surface area contributed by atoms with Gasteiger partial charge in [0, 0.05) is 12.2 Å². The Kier molecular flexibility index (Phi) is 5.51. The van der Waals surface area contributed by atoms with Gasteiger partial charge in [-0.05, 0) is 31.0 Å². The number of carbonyl (C=O) groups is 2. The zero-order valence-electron chi connectivity index (χ0n) is 13.0. The minimum atomic E-state index is -0.568. The van der Waals surface area contributed by atoms with Gasteiger partial charge in [0.2, 0.25) is 11.8 Å². The maximum absolute atomic E-state index is 12.2. The Morgan fingerprint density at radius 3 is 2.91 bits per heavy atom. The summed E-state index contributed by atoms with van der Waals surface area (Å²) in [6.07, 6.45) is 0.608. The Hall–Kier alpha value is -1.92. The molecule has 1 saturated heterocycles. The minimum Gasteiger partial charge on any atom is -0.375 e. The van der Waals surface area contributed by atoms with Crippen LogP contribution in [0.4, 0.5) is 5.69 Å². The monoisotopic (exact) mass is 305 g/mol. The maximum Gasteiger partial charge on any atom is 0.238 e. The van der Waals surface area contributed by atoms with Crippen molar-refractivity contribution in [2.24, 2.45) is 5.73 Å². The zero-order chi connectivity index (χ0) is 16.1. The van der Waals surface area contributed by atoms with Gasteiger partial charge in [-0.25, -0.2) is 0 Å². The predicted octanol–water partition coefficient (Wildman–Crippen LogP) is 0.762. The molecule has 6 nitrogen and oxygen atoms in total. The second-order valence-electron chi connectivity index (χ2n) is 5.50. The largest absolute Gasteiger partial charge is 0.375 e. The van der Waals surface area contributed by atoms with E-state index in [1.165, 1.54) is 0 Å². The van der Waals surface area contributed by atoms with Crippen LogP contribution >= 0.6 is 0 Å². The Labute approximate surface area is 130 Å². The van der Waals surface area contributed by atoms with E-state index in [1.807, 2.05) is 24.3 Å². The summed E-state index contributed by atoms with van der Waals surface area (Å²) in [5, 5.41) is 2.86. The van der Waals surface area contributed by atoms with Crippen LogP contribution in [0.1, 0.15) is 19.4 Å². The van der Waals surface area contributed by atoms with E-state index in [9.17, 15) is 9.59 Å². The molecule has 0 saturated carbocycles. The van der Waals surface area contributed by atoms with Crippen LogP contribution in [0.15, 0.2) is 24.3 Å². The van der Waals surface area contributed by atoms with Crippen LogP contribution in [0.5, 0.6) is 0 Å². The van der Waals surface area contributed by atoms with Crippen molar-refractivity contribution < 1.29 is 14.3 Å². The molecule has 120 valence electrons. The molecule has 6 heteroatoms. The average Bonchev–Trinajstić information content (AvgIpc) is 2.47. The molecule has 0 aromatic heterocycles. The number of anilines is 1. The van der Waals surface area contributed by atoms with Crippen molar-refractivity contribution >= 4 is 17.5 Å². The van der Waals surface area contributed by atoms with Crippen molar-refractivity contribution in [3.05, 3.63) is 29.8 Å². The van der Waals surface area contributed by atoms with E-state index in [-0.39, 0.29) is 18.6 Å². The summed E-state index contributed by atoms with van der Waals surface area (Å²) in [4.78, 5) is 25.6. The molecule has 0 unspecified atom stereocenters. The van der Waals surface area contributed by atoms with Crippen molar-refractivity contribution in [2.75, 3.05) is 25.0 Å². The minimum absolute atomic E-state index is 0.123. The first-order valence-corrected chi connectivity index (χ1v) is 7.55. The average molecular weight is 305 g/mol. The smallest absolute Gasteiger partial charge is 0.238 e. The first-order chi connectivity index (χ1) is 10.5. The molecule has 0 bridgehead atoms. The van der Waals surface area contributed by atoms with Gasteiger partial charge in [0.25, 0.3) is 0 Å². The Morgan fingerprint density at radius 1 is 1.45 bits per heavy atom. The summed E-state index contributed by atoms with van der Waals surface area (Å²) >= 11 is 0. The van der Waals surface area contributed by atoms with Crippen LogP contribution in [0.2, 0.25) is 0 Å². The van der Waals surface area contributed by atoms with E-state index in [2.05, 4.69) is 12.2 Å². The first-order valence-electron chi connectivity index (χ1n) is 7.55. The van der Waals surface area contributed by atoms with E-state index < -0.39 is 11.9 Å². The highest BCUT2D eigenvalue weighted by Crippen LogP contribution is 2.15. The number of hydrogen-bond donors (Lipinski definition) is 2. The summed E-state index contributed by atoms with van der Waals surface area (Å²) in [7, 11) is 0. The van der Waals surface area contributed by atoms with Crippen LogP contribution in [-0.2, 0) is 20.7 Å². The van der Waals surface area contributed by atoms with E-state index in [1.54, 1.807) is 11.8 Å². The highest BCUT2D eigenvalue weighted by Gasteiger charge is 2.34. The van der Waals surface area contributed by atoms with Gasteiger partial charge in [-0.3, -0.25) is 14.5 Å². The summed E-state index contributed by atoms with van der Waals surface area (Å²) in [5.74, 6) is -0.624. The topological polar surface area (TPSA) is 84.7 Å². The van der Waals surface area contributed by atoms with Gasteiger partial charge >= 0.3 is 0 Å². The third-order valence-electron chi connectivity index (χ3n) is 3.85. The molecule has 22 heavy (non-hydrogen) atoms. The van der Waals surface area contributed by atoms with Gasteiger partial charge in [0.15, 0.2) is 0 Å². The van der Waals surface area contributed by atoms with Crippen molar-refractivity contribution in [1.82, 2.24) is 4.90 Å². The molecule has 0 spiro atoms. The molecule has 0 radical (unpaired) electrons. The highest BCUT2D eigenvalue weighted by atomic mass is 16.5. The summed E-state index contributed by atoms with van der Waals surface area (Å²) in [6.45, 7) is 4.99. The molecule has 2 atom stereocenters. The molecule has 1 fully saturated rings. The number of carbonyl (C=O) groups excluding carboxylic acids is 2. The molecular formula is C16H23N3O3. The van der Waals surface area contributed by atoms with Crippen molar-refractivity contribution in [1.29, 1.82) is 0 Å².